The number of likely N-dealkylation sites (N-methyl/N-ethyl adjacent to an activating group) is 1. The van der Waals surface area contributed by atoms with Crippen molar-refractivity contribution in [2.75, 3.05) is 18.5 Å². The molecule has 1 rings (SSSR count). The van der Waals surface area contributed by atoms with Crippen LogP contribution >= 0.6 is 0 Å². The maximum Gasteiger partial charge on any atom is 0.252 e. The highest BCUT2D eigenvalue weighted by Gasteiger charge is 2.13. The molecule has 0 spiro atoms. The quantitative estimate of drug-likeness (QED) is 0.731. The number of nitrogens with zero attached hydrogens (tertiary/aromatic N) is 2. The molecule has 5 nitrogen and oxygen atoms in total. The van der Waals surface area contributed by atoms with Gasteiger partial charge in [0.15, 0.2) is 0 Å². The van der Waals surface area contributed by atoms with E-state index in [0.29, 0.717) is 17.9 Å². The van der Waals surface area contributed by atoms with Gasteiger partial charge < -0.3 is 15.7 Å². The van der Waals surface area contributed by atoms with Crippen LogP contribution in [0.1, 0.15) is 17.3 Å². The smallest absolute Gasteiger partial charge is 0.252 e. The molecule has 3 N–H and O–H groups in total. The number of nitrogens with two attached hydrogens (primary N) is 1. The van der Waals surface area contributed by atoms with Gasteiger partial charge in [0.25, 0.3) is 5.91 Å². The van der Waals surface area contributed by atoms with Crippen LogP contribution in [0.3, 0.4) is 0 Å². The molecule has 1 aromatic rings. The third-order valence-electron chi connectivity index (χ3n) is 1.95. The van der Waals surface area contributed by atoms with E-state index in [1.165, 1.54) is 0 Å². The van der Waals surface area contributed by atoms with Crippen LogP contribution in [0.15, 0.2) is 18.3 Å². The Kier molecular flexibility index (Phi) is 3.62. The molecule has 1 heterocycles. The number of primary amides is 1. The van der Waals surface area contributed by atoms with Gasteiger partial charge in [-0.05, 0) is 19.1 Å². The summed E-state index contributed by atoms with van der Waals surface area (Å²) in [5.74, 6) is -0.0264. The van der Waals surface area contributed by atoms with E-state index in [0.717, 1.165) is 0 Å². The summed E-state index contributed by atoms with van der Waals surface area (Å²) in [6.07, 6.45) is 1.10. The highest BCUT2D eigenvalue weighted by atomic mass is 16.3. The first-order chi connectivity index (χ1) is 7.02. The van der Waals surface area contributed by atoms with E-state index in [-0.39, 0.29) is 0 Å². The van der Waals surface area contributed by atoms with Gasteiger partial charge in [-0.3, -0.25) is 4.79 Å². The van der Waals surface area contributed by atoms with Crippen LogP contribution in [0.2, 0.25) is 0 Å². The summed E-state index contributed by atoms with van der Waals surface area (Å²) in [5, 5.41) is 9.23. The van der Waals surface area contributed by atoms with Crippen LogP contribution in [0.5, 0.6) is 0 Å². The van der Waals surface area contributed by atoms with Crippen molar-refractivity contribution >= 4 is 11.7 Å². The van der Waals surface area contributed by atoms with Gasteiger partial charge in [-0.15, -0.1) is 0 Å². The van der Waals surface area contributed by atoms with Crippen molar-refractivity contribution < 1.29 is 9.90 Å². The maximum absolute atomic E-state index is 11.1. The minimum atomic E-state index is -0.518. The number of aliphatic hydroxyl groups is 1. The van der Waals surface area contributed by atoms with E-state index in [4.69, 9.17) is 5.73 Å². The number of carbonyl (C=O) groups excluding carboxylic acids is 1. The van der Waals surface area contributed by atoms with Crippen LogP contribution in [0, 0.1) is 0 Å². The first-order valence-electron chi connectivity index (χ1n) is 4.66. The van der Waals surface area contributed by atoms with E-state index >= 15 is 0 Å². The van der Waals surface area contributed by atoms with Gasteiger partial charge in [0.1, 0.15) is 5.82 Å². The van der Waals surface area contributed by atoms with Crippen molar-refractivity contribution in [3.05, 3.63) is 23.9 Å². The molecule has 0 aliphatic carbocycles. The number of aliphatic hydroxyl groups excluding tert-OH is 1. The molecule has 0 saturated heterocycles. The maximum atomic E-state index is 11.1. The van der Waals surface area contributed by atoms with Gasteiger partial charge in [-0.25, -0.2) is 4.98 Å². The fourth-order valence-corrected chi connectivity index (χ4v) is 1.38. The molecule has 1 amide bonds. The van der Waals surface area contributed by atoms with Crippen molar-refractivity contribution in [2.45, 2.75) is 13.0 Å². The number of hydrogen-bond acceptors (Lipinski definition) is 4. The molecule has 5 heteroatoms. The van der Waals surface area contributed by atoms with Crippen molar-refractivity contribution in [1.29, 1.82) is 0 Å². The average Bonchev–Trinajstić information content (AvgIpc) is 2.16. The Bertz CT molecular complexity index is 352. The highest BCUT2D eigenvalue weighted by molar-refractivity contribution is 5.97. The van der Waals surface area contributed by atoms with Crippen molar-refractivity contribution in [2.24, 2.45) is 5.73 Å². The van der Waals surface area contributed by atoms with Gasteiger partial charge in [0.2, 0.25) is 0 Å². The lowest BCUT2D eigenvalue weighted by Crippen LogP contribution is -2.30. The van der Waals surface area contributed by atoms with Gasteiger partial charge >= 0.3 is 0 Å². The minimum absolute atomic E-state index is 0.362. The van der Waals surface area contributed by atoms with Crippen LogP contribution in [-0.2, 0) is 0 Å². The summed E-state index contributed by atoms with van der Waals surface area (Å²) in [4.78, 5) is 16.9. The predicted molar refractivity (Wildman–Crippen MR) is 57.7 cm³/mol. The molecular weight excluding hydrogens is 194 g/mol. The molecule has 82 valence electrons. The minimum Gasteiger partial charge on any atom is -0.392 e. The van der Waals surface area contributed by atoms with E-state index in [1.807, 2.05) is 0 Å². The molecular formula is C10H15N3O2. The largest absolute Gasteiger partial charge is 0.392 e. The standard InChI is InChI=1S/C10H15N3O2/c1-7(14)6-13(2)10-8(9(11)15)4-3-5-12-10/h3-5,7,14H,6H2,1-2H3,(H2,11,15). The van der Waals surface area contributed by atoms with Crippen LogP contribution in [-0.4, -0.2) is 35.7 Å². The summed E-state index contributed by atoms with van der Waals surface area (Å²) in [6, 6.07) is 3.27. The number of aromatic nitrogens is 1. The Labute approximate surface area is 88.5 Å². The summed E-state index contributed by atoms with van der Waals surface area (Å²) in [6.45, 7) is 2.07. The summed E-state index contributed by atoms with van der Waals surface area (Å²) in [7, 11) is 1.75. The van der Waals surface area contributed by atoms with Gasteiger partial charge in [-0.2, -0.15) is 0 Å². The van der Waals surface area contributed by atoms with Gasteiger partial charge in [0, 0.05) is 19.8 Å². The molecule has 1 unspecified atom stereocenters. The van der Waals surface area contributed by atoms with Gasteiger partial charge in [-0.1, -0.05) is 0 Å². The zero-order valence-corrected chi connectivity index (χ0v) is 8.84. The van der Waals surface area contributed by atoms with Crippen molar-refractivity contribution in [3.8, 4) is 0 Å². The van der Waals surface area contributed by atoms with Gasteiger partial charge in [0.05, 0.1) is 11.7 Å². The lowest BCUT2D eigenvalue weighted by molar-refractivity contribution is 0.1000. The lowest BCUT2D eigenvalue weighted by atomic mass is 10.2. The van der Waals surface area contributed by atoms with Crippen molar-refractivity contribution in [3.63, 3.8) is 0 Å². The topological polar surface area (TPSA) is 79.4 Å². The number of amides is 1. The van der Waals surface area contributed by atoms with Crippen LogP contribution in [0.25, 0.3) is 0 Å². The monoisotopic (exact) mass is 209 g/mol. The molecule has 0 bridgehead atoms. The molecule has 0 aliphatic rings. The SMILES string of the molecule is CC(O)CN(C)c1ncccc1C(N)=O. The third-order valence-corrected chi connectivity index (χ3v) is 1.95. The zero-order valence-electron chi connectivity index (χ0n) is 8.84. The van der Waals surface area contributed by atoms with Crippen LogP contribution in [0.4, 0.5) is 5.82 Å². The third kappa shape index (κ3) is 2.92. The number of carbonyl (C=O) groups is 1. The van der Waals surface area contributed by atoms with E-state index in [1.54, 1.807) is 37.2 Å². The average molecular weight is 209 g/mol. The highest BCUT2D eigenvalue weighted by Crippen LogP contribution is 2.14. The molecule has 0 radical (unpaired) electrons. The molecule has 0 aliphatic heterocycles. The number of pyridine rings is 1. The van der Waals surface area contributed by atoms with E-state index in [2.05, 4.69) is 4.98 Å². The Hall–Kier alpha value is -1.62. The first-order valence-corrected chi connectivity index (χ1v) is 4.66. The van der Waals surface area contributed by atoms with Crippen LogP contribution < -0.4 is 10.6 Å². The molecule has 0 fully saturated rings. The van der Waals surface area contributed by atoms with E-state index < -0.39 is 12.0 Å². The number of rotatable bonds is 4. The first kappa shape index (κ1) is 11.5. The Morgan fingerprint density at radius 3 is 2.93 bits per heavy atom. The summed E-state index contributed by atoms with van der Waals surface area (Å²) >= 11 is 0. The predicted octanol–water partition coefficient (Wildman–Crippen LogP) is -0.00250. The molecule has 0 saturated carbocycles. The number of anilines is 1. The molecule has 15 heavy (non-hydrogen) atoms. The molecule has 1 aromatic heterocycles. The fraction of sp³-hybridized carbons (Fsp3) is 0.400. The zero-order chi connectivity index (χ0) is 11.4. The van der Waals surface area contributed by atoms with E-state index in [9.17, 15) is 9.90 Å². The Morgan fingerprint density at radius 2 is 2.40 bits per heavy atom. The summed E-state index contributed by atoms with van der Waals surface area (Å²) in [5.41, 5.74) is 5.58. The molecule has 0 aromatic carbocycles. The normalized spacial score (nSPS) is 12.2. The Balaban J connectivity index is 2.97. The lowest BCUT2D eigenvalue weighted by Gasteiger charge is -2.21. The van der Waals surface area contributed by atoms with Crippen molar-refractivity contribution in [1.82, 2.24) is 4.98 Å². The number of hydrogen-bond donors (Lipinski definition) is 2. The molecule has 1 atom stereocenters. The Morgan fingerprint density at radius 1 is 1.73 bits per heavy atom. The second-order valence-corrected chi connectivity index (χ2v) is 3.47. The second kappa shape index (κ2) is 4.75. The summed E-state index contributed by atoms with van der Waals surface area (Å²) < 4.78 is 0. The fourth-order valence-electron chi connectivity index (χ4n) is 1.38. The second-order valence-electron chi connectivity index (χ2n) is 3.47.